The van der Waals surface area contributed by atoms with E-state index in [0.29, 0.717) is 11.5 Å². The van der Waals surface area contributed by atoms with Crippen LogP contribution in [0.1, 0.15) is 5.69 Å². The predicted octanol–water partition coefficient (Wildman–Crippen LogP) is 1.35. The lowest BCUT2D eigenvalue weighted by Gasteiger charge is -2.07. The van der Waals surface area contributed by atoms with Crippen LogP contribution in [0.3, 0.4) is 0 Å². The van der Waals surface area contributed by atoms with Gasteiger partial charge in [0.05, 0.1) is 12.1 Å². The van der Waals surface area contributed by atoms with Crippen molar-refractivity contribution in [1.82, 2.24) is 9.97 Å². The monoisotopic (exact) mass is 229 g/mol. The Morgan fingerprint density at radius 1 is 1.24 bits per heavy atom. The summed E-state index contributed by atoms with van der Waals surface area (Å²) in [6, 6.07) is 7.04. The molecule has 0 aliphatic carbocycles. The van der Waals surface area contributed by atoms with Gasteiger partial charge in [-0.1, -0.05) is 0 Å². The van der Waals surface area contributed by atoms with Crippen LogP contribution in [0.25, 0.3) is 11.1 Å². The van der Waals surface area contributed by atoms with E-state index in [4.69, 9.17) is 10.8 Å². The summed E-state index contributed by atoms with van der Waals surface area (Å²) in [7, 11) is 0. The first kappa shape index (κ1) is 11.1. The third kappa shape index (κ3) is 2.57. The Labute approximate surface area is 98.0 Å². The molecule has 0 aliphatic rings. The third-order valence-electron chi connectivity index (χ3n) is 2.31. The second-order valence-electron chi connectivity index (χ2n) is 3.54. The van der Waals surface area contributed by atoms with Crippen LogP contribution in [0, 0.1) is 0 Å². The minimum absolute atomic E-state index is 0.150. The van der Waals surface area contributed by atoms with E-state index >= 15 is 0 Å². The number of carboxylic acid groups (broad SMARTS) is 1. The summed E-state index contributed by atoms with van der Waals surface area (Å²) in [6.45, 7) is 0. The van der Waals surface area contributed by atoms with Crippen molar-refractivity contribution in [2.24, 2.45) is 0 Å². The number of hydrogen-bond donors (Lipinski definition) is 2. The first-order valence-corrected chi connectivity index (χ1v) is 5.04. The van der Waals surface area contributed by atoms with E-state index in [9.17, 15) is 4.79 Å². The van der Waals surface area contributed by atoms with E-state index in [1.807, 2.05) is 0 Å². The number of hydrogen-bond acceptors (Lipinski definition) is 4. The molecule has 0 fully saturated rings. The Morgan fingerprint density at radius 3 is 2.59 bits per heavy atom. The molecule has 86 valence electrons. The number of nitrogens with two attached hydrogens (primary N) is 1. The number of carbonyl (C=O) groups is 1. The van der Waals surface area contributed by atoms with Crippen molar-refractivity contribution in [3.63, 3.8) is 0 Å². The summed E-state index contributed by atoms with van der Waals surface area (Å²) in [4.78, 5) is 18.8. The Morgan fingerprint density at radius 2 is 1.94 bits per heavy atom. The van der Waals surface area contributed by atoms with E-state index in [1.165, 1.54) is 0 Å². The molecule has 0 radical (unpaired) electrons. The molecule has 0 unspecified atom stereocenters. The first-order chi connectivity index (χ1) is 8.16. The number of nitrogen functional groups attached to an aromatic ring is 1. The van der Waals surface area contributed by atoms with Crippen molar-refractivity contribution in [2.45, 2.75) is 6.42 Å². The van der Waals surface area contributed by atoms with Crippen molar-refractivity contribution in [2.75, 3.05) is 5.73 Å². The van der Waals surface area contributed by atoms with Crippen LogP contribution in [-0.2, 0) is 11.2 Å². The zero-order valence-electron chi connectivity index (χ0n) is 9.00. The molecule has 17 heavy (non-hydrogen) atoms. The minimum atomic E-state index is -0.932. The number of aliphatic carboxylic acids is 1. The lowest BCUT2D eigenvalue weighted by atomic mass is 10.0. The SMILES string of the molecule is Nc1ccc(-c2ccncc2)c(CC(=O)O)n1. The highest BCUT2D eigenvalue weighted by atomic mass is 16.4. The van der Waals surface area contributed by atoms with Gasteiger partial charge in [0, 0.05) is 18.0 Å². The van der Waals surface area contributed by atoms with Crippen molar-refractivity contribution in [1.29, 1.82) is 0 Å². The molecule has 0 atom stereocenters. The molecule has 0 saturated carbocycles. The second-order valence-corrected chi connectivity index (χ2v) is 3.54. The van der Waals surface area contributed by atoms with Gasteiger partial charge in [0.2, 0.25) is 0 Å². The van der Waals surface area contributed by atoms with E-state index in [0.717, 1.165) is 11.1 Å². The molecule has 0 amide bonds. The zero-order chi connectivity index (χ0) is 12.3. The molecule has 2 heterocycles. The van der Waals surface area contributed by atoms with Crippen LogP contribution in [0.2, 0.25) is 0 Å². The first-order valence-electron chi connectivity index (χ1n) is 5.04. The van der Waals surface area contributed by atoms with Gasteiger partial charge in [-0.3, -0.25) is 9.78 Å². The lowest BCUT2D eigenvalue weighted by Crippen LogP contribution is -2.06. The van der Waals surface area contributed by atoms with E-state index < -0.39 is 5.97 Å². The average Bonchev–Trinajstić information content (AvgIpc) is 2.29. The average molecular weight is 229 g/mol. The van der Waals surface area contributed by atoms with Crippen molar-refractivity contribution < 1.29 is 9.90 Å². The maximum Gasteiger partial charge on any atom is 0.309 e. The summed E-state index contributed by atoms with van der Waals surface area (Å²) in [5.74, 6) is -0.613. The maximum absolute atomic E-state index is 10.8. The summed E-state index contributed by atoms with van der Waals surface area (Å²) in [5, 5.41) is 8.84. The number of carboxylic acids is 1. The largest absolute Gasteiger partial charge is 0.481 e. The van der Waals surface area contributed by atoms with Gasteiger partial charge in [0.15, 0.2) is 0 Å². The molecule has 2 aromatic heterocycles. The fourth-order valence-electron chi connectivity index (χ4n) is 1.59. The molecule has 5 heteroatoms. The minimum Gasteiger partial charge on any atom is -0.481 e. The van der Waals surface area contributed by atoms with Crippen molar-refractivity contribution in [3.8, 4) is 11.1 Å². The summed E-state index contributed by atoms with van der Waals surface area (Å²) in [5.41, 5.74) is 7.67. The van der Waals surface area contributed by atoms with E-state index in [1.54, 1.807) is 36.7 Å². The molecule has 0 saturated heterocycles. The fourth-order valence-corrected chi connectivity index (χ4v) is 1.59. The van der Waals surface area contributed by atoms with E-state index in [-0.39, 0.29) is 6.42 Å². The number of anilines is 1. The molecule has 0 bridgehead atoms. The van der Waals surface area contributed by atoms with Crippen LogP contribution < -0.4 is 5.73 Å². The Bertz CT molecular complexity index is 541. The fraction of sp³-hybridized carbons (Fsp3) is 0.0833. The van der Waals surface area contributed by atoms with Crippen LogP contribution in [-0.4, -0.2) is 21.0 Å². The Kier molecular flexibility index (Phi) is 3.00. The maximum atomic E-state index is 10.8. The Hall–Kier alpha value is -2.43. The topological polar surface area (TPSA) is 89.1 Å². The van der Waals surface area contributed by atoms with Crippen molar-refractivity contribution in [3.05, 3.63) is 42.4 Å². The molecule has 0 spiro atoms. The van der Waals surface area contributed by atoms with Crippen molar-refractivity contribution >= 4 is 11.8 Å². The van der Waals surface area contributed by atoms with E-state index in [2.05, 4.69) is 9.97 Å². The molecule has 2 rings (SSSR count). The summed E-state index contributed by atoms with van der Waals surface area (Å²) in [6.07, 6.45) is 3.15. The highest BCUT2D eigenvalue weighted by molar-refractivity contribution is 5.75. The Balaban J connectivity index is 2.50. The molecule has 2 aromatic rings. The summed E-state index contributed by atoms with van der Waals surface area (Å²) >= 11 is 0. The smallest absolute Gasteiger partial charge is 0.309 e. The summed E-state index contributed by atoms with van der Waals surface area (Å²) < 4.78 is 0. The van der Waals surface area contributed by atoms with Crippen LogP contribution in [0.15, 0.2) is 36.7 Å². The van der Waals surface area contributed by atoms with Gasteiger partial charge in [-0.05, 0) is 29.8 Å². The van der Waals surface area contributed by atoms with Crippen LogP contribution >= 0.6 is 0 Å². The normalized spacial score (nSPS) is 10.1. The van der Waals surface area contributed by atoms with Gasteiger partial charge in [-0.15, -0.1) is 0 Å². The molecule has 3 N–H and O–H groups in total. The highest BCUT2D eigenvalue weighted by Crippen LogP contribution is 2.23. The second kappa shape index (κ2) is 4.61. The standard InChI is InChI=1S/C12H11N3O2/c13-11-2-1-9(8-3-5-14-6-4-8)10(15-11)7-12(16)17/h1-6H,7H2,(H2,13,15)(H,16,17). The number of pyridine rings is 2. The number of rotatable bonds is 3. The number of nitrogens with zero attached hydrogens (tertiary/aromatic N) is 2. The number of aromatic nitrogens is 2. The van der Waals surface area contributed by atoms with Gasteiger partial charge in [-0.2, -0.15) is 0 Å². The lowest BCUT2D eigenvalue weighted by molar-refractivity contribution is -0.136. The van der Waals surface area contributed by atoms with Crippen LogP contribution in [0.5, 0.6) is 0 Å². The molecule has 0 aliphatic heterocycles. The van der Waals surface area contributed by atoms with Crippen LogP contribution in [0.4, 0.5) is 5.82 Å². The zero-order valence-corrected chi connectivity index (χ0v) is 9.00. The van der Waals surface area contributed by atoms with Gasteiger partial charge >= 0.3 is 5.97 Å². The van der Waals surface area contributed by atoms with Gasteiger partial charge < -0.3 is 10.8 Å². The quantitative estimate of drug-likeness (QED) is 0.829. The van der Waals surface area contributed by atoms with Gasteiger partial charge in [0.25, 0.3) is 0 Å². The highest BCUT2D eigenvalue weighted by Gasteiger charge is 2.10. The molecular weight excluding hydrogens is 218 g/mol. The van der Waals surface area contributed by atoms with Gasteiger partial charge in [-0.25, -0.2) is 4.98 Å². The predicted molar refractivity (Wildman–Crippen MR) is 63.2 cm³/mol. The molecule has 5 nitrogen and oxygen atoms in total. The molecular formula is C12H11N3O2. The molecule has 0 aromatic carbocycles. The van der Waals surface area contributed by atoms with Gasteiger partial charge in [0.1, 0.15) is 5.82 Å². The third-order valence-corrected chi connectivity index (χ3v) is 2.31.